The Morgan fingerprint density at radius 3 is 2.60 bits per heavy atom. The predicted octanol–water partition coefficient (Wildman–Crippen LogP) is 3.18. The average molecular weight is 335 g/mol. The average Bonchev–Trinajstić information content (AvgIpc) is 2.92. The second-order valence-corrected chi connectivity index (χ2v) is 7.03. The molecule has 2 aromatic carbocycles. The first-order valence-electron chi connectivity index (χ1n) is 8.88. The van der Waals surface area contributed by atoms with Crippen LogP contribution in [0, 0.1) is 5.92 Å². The topological polar surface area (TPSA) is 66.4 Å². The highest BCUT2D eigenvalue weighted by Crippen LogP contribution is 2.36. The van der Waals surface area contributed by atoms with E-state index < -0.39 is 0 Å². The summed E-state index contributed by atoms with van der Waals surface area (Å²) in [6.07, 6.45) is 3.41. The monoisotopic (exact) mass is 335 g/mol. The van der Waals surface area contributed by atoms with Crippen LogP contribution in [0.5, 0.6) is 0 Å². The molecule has 0 spiro atoms. The van der Waals surface area contributed by atoms with Crippen molar-refractivity contribution >= 4 is 11.7 Å². The van der Waals surface area contributed by atoms with Gasteiger partial charge in [0.2, 0.25) is 0 Å². The van der Waals surface area contributed by atoms with E-state index in [9.17, 15) is 14.7 Å². The highest BCUT2D eigenvalue weighted by Gasteiger charge is 2.27. The van der Waals surface area contributed by atoms with Crippen LogP contribution in [0.15, 0.2) is 42.5 Å². The van der Waals surface area contributed by atoms with Crippen LogP contribution in [0.1, 0.15) is 52.0 Å². The summed E-state index contributed by atoms with van der Waals surface area (Å²) in [5.41, 5.74) is 3.64. The molecule has 0 aromatic heterocycles. The van der Waals surface area contributed by atoms with Crippen molar-refractivity contribution in [1.82, 2.24) is 5.32 Å². The minimum Gasteiger partial charge on any atom is -0.393 e. The zero-order valence-electron chi connectivity index (χ0n) is 14.0. The first kappa shape index (κ1) is 16.0. The molecule has 2 aromatic rings. The van der Waals surface area contributed by atoms with Crippen molar-refractivity contribution in [2.24, 2.45) is 5.92 Å². The fourth-order valence-electron chi connectivity index (χ4n) is 3.96. The van der Waals surface area contributed by atoms with Gasteiger partial charge in [-0.25, -0.2) is 0 Å². The van der Waals surface area contributed by atoms with Gasteiger partial charge >= 0.3 is 0 Å². The molecule has 2 atom stereocenters. The van der Waals surface area contributed by atoms with E-state index in [0.717, 1.165) is 36.8 Å². The third-order valence-corrected chi connectivity index (χ3v) is 5.29. The van der Waals surface area contributed by atoms with Gasteiger partial charge in [0.1, 0.15) is 0 Å². The van der Waals surface area contributed by atoms with E-state index in [1.165, 1.54) is 0 Å². The lowest BCUT2D eigenvalue weighted by Crippen LogP contribution is -2.33. The summed E-state index contributed by atoms with van der Waals surface area (Å²) in [5.74, 6) is 0.148. The lowest BCUT2D eigenvalue weighted by molar-refractivity contribution is 0.0874. The quantitative estimate of drug-likeness (QED) is 0.772. The van der Waals surface area contributed by atoms with Gasteiger partial charge in [0, 0.05) is 23.2 Å². The number of carbonyl (C=O) groups is 2. The SMILES string of the molecule is O=C(NCC1CCCC(O)C1)c1ccc2c(c1)C(=O)c1ccccc1-2. The third-order valence-electron chi connectivity index (χ3n) is 5.29. The number of rotatable bonds is 3. The summed E-state index contributed by atoms with van der Waals surface area (Å²) in [7, 11) is 0. The molecule has 1 fully saturated rings. The van der Waals surface area contributed by atoms with Gasteiger partial charge in [-0.2, -0.15) is 0 Å². The highest BCUT2D eigenvalue weighted by atomic mass is 16.3. The normalized spacial score (nSPS) is 21.6. The Bertz CT molecular complexity index is 843. The molecule has 0 heterocycles. The molecule has 1 saturated carbocycles. The van der Waals surface area contributed by atoms with Crippen molar-refractivity contribution in [3.63, 3.8) is 0 Å². The van der Waals surface area contributed by atoms with Gasteiger partial charge in [-0.05, 0) is 48.4 Å². The Kier molecular flexibility index (Phi) is 4.14. The maximum absolute atomic E-state index is 12.5. The van der Waals surface area contributed by atoms with Crippen LogP contribution in [0.3, 0.4) is 0 Å². The number of fused-ring (bicyclic) bond motifs is 3. The Hall–Kier alpha value is -2.46. The van der Waals surface area contributed by atoms with Crippen molar-refractivity contribution in [1.29, 1.82) is 0 Å². The van der Waals surface area contributed by atoms with Crippen LogP contribution >= 0.6 is 0 Å². The van der Waals surface area contributed by atoms with Crippen LogP contribution in [0.2, 0.25) is 0 Å². The Balaban J connectivity index is 1.49. The van der Waals surface area contributed by atoms with E-state index in [1.807, 2.05) is 30.3 Å². The Labute approximate surface area is 146 Å². The zero-order chi connectivity index (χ0) is 17.4. The lowest BCUT2D eigenvalue weighted by atomic mass is 9.87. The van der Waals surface area contributed by atoms with Crippen molar-refractivity contribution in [2.75, 3.05) is 6.54 Å². The highest BCUT2D eigenvalue weighted by molar-refractivity contribution is 6.22. The predicted molar refractivity (Wildman–Crippen MR) is 95.6 cm³/mol. The van der Waals surface area contributed by atoms with Gasteiger partial charge in [0.15, 0.2) is 5.78 Å². The van der Waals surface area contributed by atoms with Gasteiger partial charge in [-0.1, -0.05) is 36.8 Å². The van der Waals surface area contributed by atoms with E-state index in [4.69, 9.17) is 0 Å². The Morgan fingerprint density at radius 1 is 1.04 bits per heavy atom. The largest absolute Gasteiger partial charge is 0.393 e. The molecule has 0 saturated heterocycles. The van der Waals surface area contributed by atoms with E-state index in [2.05, 4.69) is 5.32 Å². The molecule has 4 heteroatoms. The summed E-state index contributed by atoms with van der Waals surface area (Å²) in [6.45, 7) is 0.571. The van der Waals surface area contributed by atoms with Gasteiger partial charge in [-0.15, -0.1) is 0 Å². The molecule has 2 aliphatic carbocycles. The first-order valence-corrected chi connectivity index (χ1v) is 8.88. The molecular weight excluding hydrogens is 314 g/mol. The minimum atomic E-state index is -0.244. The summed E-state index contributed by atoms with van der Waals surface area (Å²) >= 11 is 0. The molecule has 2 N–H and O–H groups in total. The molecule has 1 amide bonds. The van der Waals surface area contributed by atoms with Crippen molar-refractivity contribution < 1.29 is 14.7 Å². The summed E-state index contributed by atoms with van der Waals surface area (Å²) in [4.78, 5) is 25.0. The van der Waals surface area contributed by atoms with Crippen LogP contribution in [0.4, 0.5) is 0 Å². The number of aliphatic hydroxyl groups excluding tert-OH is 1. The lowest BCUT2D eigenvalue weighted by Gasteiger charge is -2.25. The minimum absolute atomic E-state index is 0.0179. The van der Waals surface area contributed by atoms with Crippen LogP contribution in [0.25, 0.3) is 11.1 Å². The second kappa shape index (κ2) is 6.45. The van der Waals surface area contributed by atoms with E-state index in [1.54, 1.807) is 12.1 Å². The van der Waals surface area contributed by atoms with E-state index >= 15 is 0 Å². The molecule has 0 aliphatic heterocycles. The summed E-state index contributed by atoms with van der Waals surface area (Å²) < 4.78 is 0. The molecule has 0 bridgehead atoms. The van der Waals surface area contributed by atoms with Crippen molar-refractivity contribution in [3.05, 3.63) is 59.2 Å². The Morgan fingerprint density at radius 2 is 1.80 bits per heavy atom. The van der Waals surface area contributed by atoms with Crippen molar-refractivity contribution in [2.45, 2.75) is 31.8 Å². The molecule has 2 unspecified atom stereocenters. The number of amides is 1. The molecular formula is C21H21NO3. The van der Waals surface area contributed by atoms with E-state index in [-0.39, 0.29) is 17.8 Å². The molecule has 4 nitrogen and oxygen atoms in total. The molecule has 2 aliphatic rings. The number of carbonyl (C=O) groups excluding carboxylic acids is 2. The standard InChI is InChI=1S/C21H21NO3/c23-15-5-3-4-13(10-15)12-22-21(25)14-8-9-17-16-6-1-2-7-18(16)20(24)19(17)11-14/h1-2,6-9,11,13,15,23H,3-5,10,12H2,(H,22,25). The zero-order valence-corrected chi connectivity index (χ0v) is 14.0. The van der Waals surface area contributed by atoms with Gasteiger partial charge in [0.05, 0.1) is 6.10 Å². The van der Waals surface area contributed by atoms with Crippen molar-refractivity contribution in [3.8, 4) is 11.1 Å². The number of hydrogen-bond donors (Lipinski definition) is 2. The fraction of sp³-hybridized carbons (Fsp3) is 0.333. The summed E-state index contributed by atoms with van der Waals surface area (Å²) in [6, 6.07) is 12.9. The number of ketones is 1. The number of benzene rings is 2. The number of hydrogen-bond acceptors (Lipinski definition) is 3. The van der Waals surface area contributed by atoms with Crippen LogP contribution in [-0.4, -0.2) is 29.4 Å². The van der Waals surface area contributed by atoms with Gasteiger partial charge in [0.25, 0.3) is 5.91 Å². The van der Waals surface area contributed by atoms with Gasteiger partial charge in [-0.3, -0.25) is 9.59 Å². The molecule has 25 heavy (non-hydrogen) atoms. The first-order chi connectivity index (χ1) is 12.1. The number of aliphatic hydroxyl groups is 1. The molecule has 128 valence electrons. The third kappa shape index (κ3) is 2.98. The number of nitrogens with one attached hydrogen (secondary N) is 1. The fourth-order valence-corrected chi connectivity index (χ4v) is 3.96. The molecule has 0 radical (unpaired) electrons. The summed E-state index contributed by atoms with van der Waals surface area (Å²) in [5, 5.41) is 12.7. The molecule has 4 rings (SSSR count). The van der Waals surface area contributed by atoms with Crippen LogP contribution < -0.4 is 5.32 Å². The van der Waals surface area contributed by atoms with Gasteiger partial charge < -0.3 is 10.4 Å². The maximum atomic E-state index is 12.5. The smallest absolute Gasteiger partial charge is 0.251 e. The van der Waals surface area contributed by atoms with Crippen LogP contribution in [-0.2, 0) is 0 Å². The maximum Gasteiger partial charge on any atom is 0.251 e. The second-order valence-electron chi connectivity index (χ2n) is 7.03. The van der Waals surface area contributed by atoms with E-state index in [0.29, 0.717) is 29.2 Å².